The number of nitrogens with two attached hydrogens (primary N) is 1. The second-order valence-corrected chi connectivity index (χ2v) is 17.0. The molecule has 0 amide bonds. The molecule has 64 heavy (non-hydrogen) atoms. The Morgan fingerprint density at radius 1 is 0.406 bits per heavy atom. The summed E-state index contributed by atoms with van der Waals surface area (Å²) in [6.07, 6.45) is 4.18. The summed E-state index contributed by atoms with van der Waals surface area (Å²) in [7, 11) is 0. The number of nitrogens with zero attached hydrogens (tertiary/aromatic N) is 2. The van der Waals surface area contributed by atoms with E-state index in [9.17, 15) is 0 Å². The third-order valence-corrected chi connectivity index (χ3v) is 13.5. The van der Waals surface area contributed by atoms with Crippen molar-refractivity contribution in [1.29, 1.82) is 0 Å². The highest BCUT2D eigenvalue weighted by Gasteiger charge is 2.51. The van der Waals surface area contributed by atoms with Crippen LogP contribution >= 0.6 is 0 Å². The first-order chi connectivity index (χ1) is 31.7. The van der Waals surface area contributed by atoms with E-state index < -0.39 is 5.41 Å². The van der Waals surface area contributed by atoms with Crippen molar-refractivity contribution in [3.63, 3.8) is 0 Å². The first-order valence-electron chi connectivity index (χ1n) is 22.2. The van der Waals surface area contributed by atoms with E-state index in [1.807, 2.05) is 0 Å². The fourth-order valence-electron chi connectivity index (χ4n) is 10.7. The predicted octanol–water partition coefficient (Wildman–Crippen LogP) is 14.4. The Balaban J connectivity index is 0.964. The van der Waals surface area contributed by atoms with Crippen LogP contribution in [0.1, 0.15) is 38.9 Å². The third kappa shape index (κ3) is 6.01. The Bertz CT molecular complexity index is 3230. The van der Waals surface area contributed by atoms with Crippen LogP contribution in [0.15, 0.2) is 243 Å². The zero-order valence-corrected chi connectivity index (χ0v) is 35.4. The molecular formula is C61H45N3. The summed E-state index contributed by atoms with van der Waals surface area (Å²) in [6.45, 7) is 0.653. The summed E-state index contributed by atoms with van der Waals surface area (Å²) >= 11 is 0. The van der Waals surface area contributed by atoms with Gasteiger partial charge in [-0.05, 0) is 126 Å². The van der Waals surface area contributed by atoms with Gasteiger partial charge >= 0.3 is 0 Å². The number of para-hydroxylation sites is 3. The maximum Gasteiger partial charge on any atom is 0.104 e. The van der Waals surface area contributed by atoms with Crippen LogP contribution in [-0.2, 0) is 12.0 Å². The SMILES string of the molecule is NC1C(c2ccccc2)=CC(c2ccccc2)=CN1Cc1ccccc1-c1cccc(-c2ccc3c(c2)C2(c4ccccc4-3)c3ccccc3N(c3ccccc3)c3ccccc32)c1. The molecule has 0 aromatic heterocycles. The summed E-state index contributed by atoms with van der Waals surface area (Å²) < 4.78 is 0. The van der Waals surface area contributed by atoms with E-state index in [1.165, 1.54) is 78.1 Å². The van der Waals surface area contributed by atoms with Gasteiger partial charge in [-0.2, -0.15) is 0 Å². The van der Waals surface area contributed by atoms with Crippen LogP contribution in [0.4, 0.5) is 17.1 Å². The molecule has 304 valence electrons. The summed E-state index contributed by atoms with van der Waals surface area (Å²) in [5.41, 5.74) is 28.5. The highest BCUT2D eigenvalue weighted by Crippen LogP contribution is 2.63. The molecule has 1 atom stereocenters. The molecular weight excluding hydrogens is 775 g/mol. The lowest BCUT2D eigenvalue weighted by atomic mass is 9.64. The van der Waals surface area contributed by atoms with Crippen LogP contribution in [-0.4, -0.2) is 11.1 Å². The Hall–Kier alpha value is -7.98. The summed E-state index contributed by atoms with van der Waals surface area (Å²) in [4.78, 5) is 4.73. The molecule has 3 heteroatoms. The molecule has 0 radical (unpaired) electrons. The summed E-state index contributed by atoms with van der Waals surface area (Å²) in [5.74, 6) is 0. The second-order valence-electron chi connectivity index (χ2n) is 17.0. The second kappa shape index (κ2) is 15.4. The minimum absolute atomic E-state index is 0.313. The van der Waals surface area contributed by atoms with E-state index in [2.05, 4.69) is 253 Å². The monoisotopic (exact) mass is 819 g/mol. The number of hydrogen-bond donors (Lipinski definition) is 1. The normalized spacial score (nSPS) is 15.4. The minimum atomic E-state index is -0.517. The number of hydrogen-bond acceptors (Lipinski definition) is 3. The number of fused-ring (bicyclic) bond motifs is 9. The zero-order valence-electron chi connectivity index (χ0n) is 35.4. The molecule has 3 nitrogen and oxygen atoms in total. The minimum Gasteiger partial charge on any atom is -0.353 e. The van der Waals surface area contributed by atoms with Gasteiger partial charge in [0.2, 0.25) is 0 Å². The van der Waals surface area contributed by atoms with Crippen molar-refractivity contribution in [2.75, 3.05) is 4.90 Å². The summed E-state index contributed by atoms with van der Waals surface area (Å²) in [6, 6.07) is 84.0. The largest absolute Gasteiger partial charge is 0.353 e. The first-order valence-corrected chi connectivity index (χ1v) is 22.2. The molecule has 2 aliphatic heterocycles. The van der Waals surface area contributed by atoms with Gasteiger partial charge in [-0.25, -0.2) is 0 Å². The van der Waals surface area contributed by atoms with Crippen LogP contribution in [0.5, 0.6) is 0 Å². The number of allylic oxidation sites excluding steroid dienone is 2. The number of benzene rings is 9. The van der Waals surface area contributed by atoms with Crippen molar-refractivity contribution in [3.05, 3.63) is 282 Å². The molecule has 9 aromatic carbocycles. The molecule has 12 rings (SSSR count). The Kier molecular flexibility index (Phi) is 9.10. The molecule has 0 bridgehead atoms. The van der Waals surface area contributed by atoms with Crippen LogP contribution in [0, 0.1) is 0 Å². The lowest BCUT2D eigenvalue weighted by Crippen LogP contribution is -2.40. The highest BCUT2D eigenvalue weighted by molar-refractivity contribution is 5.97. The van der Waals surface area contributed by atoms with E-state index in [1.54, 1.807) is 0 Å². The Morgan fingerprint density at radius 2 is 0.938 bits per heavy atom. The maximum atomic E-state index is 7.17. The molecule has 0 fully saturated rings. The van der Waals surface area contributed by atoms with Crippen LogP contribution in [0.2, 0.25) is 0 Å². The van der Waals surface area contributed by atoms with Crippen LogP contribution < -0.4 is 10.6 Å². The van der Waals surface area contributed by atoms with E-state index in [4.69, 9.17) is 5.73 Å². The average molecular weight is 820 g/mol. The maximum absolute atomic E-state index is 7.17. The molecule has 1 aliphatic carbocycles. The average Bonchev–Trinajstić information content (AvgIpc) is 3.65. The van der Waals surface area contributed by atoms with Gasteiger partial charge in [0.05, 0.1) is 16.8 Å². The molecule has 1 unspecified atom stereocenters. The highest BCUT2D eigenvalue weighted by atomic mass is 15.2. The third-order valence-electron chi connectivity index (χ3n) is 13.5. The molecule has 3 aliphatic rings. The van der Waals surface area contributed by atoms with E-state index in [-0.39, 0.29) is 6.17 Å². The molecule has 0 saturated carbocycles. The van der Waals surface area contributed by atoms with Gasteiger partial charge in [0, 0.05) is 18.4 Å². The van der Waals surface area contributed by atoms with Gasteiger partial charge in [-0.1, -0.05) is 194 Å². The molecule has 2 N–H and O–H groups in total. The van der Waals surface area contributed by atoms with Crippen LogP contribution in [0.3, 0.4) is 0 Å². The van der Waals surface area contributed by atoms with Gasteiger partial charge in [0.15, 0.2) is 0 Å². The molecule has 9 aromatic rings. The van der Waals surface area contributed by atoms with E-state index in [0.29, 0.717) is 6.54 Å². The van der Waals surface area contributed by atoms with E-state index >= 15 is 0 Å². The van der Waals surface area contributed by atoms with Gasteiger partial charge < -0.3 is 15.5 Å². The first kappa shape index (κ1) is 37.8. The van der Waals surface area contributed by atoms with Gasteiger partial charge in [0.25, 0.3) is 0 Å². The Labute approximate surface area is 375 Å². The standard InChI is InChI=1S/C61H45N3/c62-60-53(43-21-6-2-7-22-43)38-48(42-19-4-1-5-20-42)41-63(60)40-47-23-10-11-28-50(47)46-25-18-24-44(37-46)45-35-36-52-51-29-12-13-30-54(51)61(57(52)39-45)55-31-14-16-33-58(55)64(49-26-8-3-9-27-49)59-34-17-15-32-56(59)61/h1-39,41,60H,40,62H2. The number of anilines is 3. The van der Waals surface area contributed by atoms with E-state index in [0.717, 1.165) is 22.4 Å². The quantitative estimate of drug-likeness (QED) is 0.174. The number of rotatable bonds is 7. The topological polar surface area (TPSA) is 32.5 Å². The lowest BCUT2D eigenvalue weighted by Gasteiger charge is -2.45. The van der Waals surface area contributed by atoms with Gasteiger partial charge in [-0.3, -0.25) is 0 Å². The fourth-order valence-corrected chi connectivity index (χ4v) is 10.7. The Morgan fingerprint density at radius 3 is 1.66 bits per heavy atom. The van der Waals surface area contributed by atoms with Gasteiger partial charge in [0.1, 0.15) is 6.17 Å². The molecule has 1 spiro atoms. The summed E-state index contributed by atoms with van der Waals surface area (Å²) in [5, 5.41) is 0. The lowest BCUT2D eigenvalue weighted by molar-refractivity contribution is 0.324. The fraction of sp³-hybridized carbons (Fsp3) is 0.0492. The zero-order chi connectivity index (χ0) is 42.6. The van der Waals surface area contributed by atoms with Gasteiger partial charge in [-0.15, -0.1) is 0 Å². The van der Waals surface area contributed by atoms with Crippen molar-refractivity contribution in [1.82, 2.24) is 4.90 Å². The smallest absolute Gasteiger partial charge is 0.104 e. The van der Waals surface area contributed by atoms with Crippen molar-refractivity contribution in [3.8, 4) is 33.4 Å². The van der Waals surface area contributed by atoms with Crippen molar-refractivity contribution >= 4 is 28.2 Å². The predicted molar refractivity (Wildman–Crippen MR) is 265 cm³/mol. The van der Waals surface area contributed by atoms with Crippen molar-refractivity contribution < 1.29 is 0 Å². The van der Waals surface area contributed by atoms with Crippen molar-refractivity contribution in [2.45, 2.75) is 18.1 Å². The van der Waals surface area contributed by atoms with Crippen molar-refractivity contribution in [2.24, 2.45) is 5.73 Å². The van der Waals surface area contributed by atoms with Crippen LogP contribution in [0.25, 0.3) is 44.5 Å². The molecule has 2 heterocycles. The molecule has 0 saturated heterocycles.